The number of piperazine rings is 1. The highest BCUT2D eigenvalue weighted by molar-refractivity contribution is 6.30. The number of nitrogens with zero attached hydrogens (tertiary/aromatic N) is 3. The van der Waals surface area contributed by atoms with Gasteiger partial charge in [0.05, 0.1) is 25.8 Å². The van der Waals surface area contributed by atoms with Gasteiger partial charge in [-0.2, -0.15) is 0 Å². The molecule has 0 saturated carbocycles. The lowest BCUT2D eigenvalue weighted by atomic mass is 10.0. The van der Waals surface area contributed by atoms with Crippen molar-refractivity contribution < 1.29 is 14.6 Å². The van der Waals surface area contributed by atoms with Gasteiger partial charge in [0, 0.05) is 23.8 Å². The van der Waals surface area contributed by atoms with Crippen LogP contribution >= 0.6 is 11.6 Å². The van der Waals surface area contributed by atoms with Gasteiger partial charge < -0.3 is 14.7 Å². The zero-order valence-electron chi connectivity index (χ0n) is 18.0. The lowest BCUT2D eigenvalue weighted by Gasteiger charge is -2.41. The number of rotatable bonds is 7. The Bertz CT molecular complexity index is 1130. The summed E-state index contributed by atoms with van der Waals surface area (Å²) < 4.78 is 5.45. The minimum absolute atomic E-state index is 0.00278. The third-order valence-electron chi connectivity index (χ3n) is 5.57. The van der Waals surface area contributed by atoms with Crippen LogP contribution in [0.4, 0.5) is 11.4 Å². The van der Waals surface area contributed by atoms with Gasteiger partial charge in [0.2, 0.25) is 5.91 Å². The number of carbonyl (C=O) groups excluding carboxylic acids is 1. The van der Waals surface area contributed by atoms with Crippen molar-refractivity contribution in [3.63, 3.8) is 0 Å². The van der Waals surface area contributed by atoms with Crippen LogP contribution in [-0.4, -0.2) is 42.2 Å². The standard InChI is InChI=1S/C26H24ClN3O3/c1-28-22-8-2-19(3-9-22)16-29-17-25(20-4-6-21(27)7-5-20)30(26(32)18-29)23-10-12-24(13-11-23)33-15-14-31/h2-13,25,31H,14-18H2/t25-/m0/s1. The maximum Gasteiger partial charge on any atom is 0.241 e. The molecule has 7 heteroatoms. The first-order valence-corrected chi connectivity index (χ1v) is 11.0. The van der Waals surface area contributed by atoms with Crippen LogP contribution in [-0.2, 0) is 11.3 Å². The number of halogens is 1. The SMILES string of the molecule is [C-]#[N+]c1ccc(CN2CC(=O)N(c3ccc(OCCO)cc3)[C@H](c3ccc(Cl)cc3)C2)cc1. The first-order chi connectivity index (χ1) is 16.1. The van der Waals surface area contributed by atoms with Gasteiger partial charge in [0.1, 0.15) is 12.4 Å². The fourth-order valence-corrected chi connectivity index (χ4v) is 4.14. The number of carbonyl (C=O) groups is 1. The van der Waals surface area contributed by atoms with Gasteiger partial charge >= 0.3 is 0 Å². The zero-order chi connectivity index (χ0) is 23.2. The highest BCUT2D eigenvalue weighted by Crippen LogP contribution is 2.33. The molecule has 0 aromatic heterocycles. The van der Waals surface area contributed by atoms with Crippen molar-refractivity contribution in [2.75, 3.05) is 31.2 Å². The summed E-state index contributed by atoms with van der Waals surface area (Å²) in [5, 5.41) is 9.60. The van der Waals surface area contributed by atoms with Crippen molar-refractivity contribution in [3.8, 4) is 5.75 Å². The number of hydrogen-bond acceptors (Lipinski definition) is 4. The lowest BCUT2D eigenvalue weighted by molar-refractivity contribution is -0.122. The summed E-state index contributed by atoms with van der Waals surface area (Å²) in [6, 6.07) is 22.2. The molecule has 1 saturated heterocycles. The molecule has 33 heavy (non-hydrogen) atoms. The van der Waals surface area contributed by atoms with E-state index in [0.717, 1.165) is 16.8 Å². The minimum Gasteiger partial charge on any atom is -0.491 e. The average molecular weight is 462 g/mol. The van der Waals surface area contributed by atoms with Gasteiger partial charge in [-0.3, -0.25) is 9.69 Å². The number of benzene rings is 3. The van der Waals surface area contributed by atoms with Gasteiger partial charge in [0.15, 0.2) is 5.69 Å². The number of hydrogen-bond donors (Lipinski definition) is 1. The number of amides is 1. The summed E-state index contributed by atoms with van der Waals surface area (Å²) in [6.45, 7) is 8.85. The fourth-order valence-electron chi connectivity index (χ4n) is 4.02. The number of aliphatic hydroxyl groups is 1. The molecule has 168 valence electrons. The topological polar surface area (TPSA) is 57.4 Å². The third-order valence-corrected chi connectivity index (χ3v) is 5.82. The van der Waals surface area contributed by atoms with E-state index in [4.69, 9.17) is 28.0 Å². The summed E-state index contributed by atoms with van der Waals surface area (Å²) in [5.41, 5.74) is 3.45. The molecule has 4 rings (SSSR count). The molecule has 1 aliphatic heterocycles. The van der Waals surface area contributed by atoms with E-state index in [0.29, 0.717) is 29.5 Å². The molecule has 3 aromatic rings. The van der Waals surface area contributed by atoms with Crippen LogP contribution in [0.1, 0.15) is 17.2 Å². The lowest BCUT2D eigenvalue weighted by Crippen LogP contribution is -2.52. The monoisotopic (exact) mass is 461 g/mol. The molecule has 1 heterocycles. The first-order valence-electron chi connectivity index (χ1n) is 10.7. The molecule has 1 N–H and O–H groups in total. The van der Waals surface area contributed by atoms with E-state index in [1.54, 1.807) is 12.1 Å². The normalized spacial score (nSPS) is 16.5. The average Bonchev–Trinajstić information content (AvgIpc) is 2.84. The fraction of sp³-hybridized carbons (Fsp3) is 0.231. The quantitative estimate of drug-likeness (QED) is 0.511. The summed E-state index contributed by atoms with van der Waals surface area (Å²) in [6.07, 6.45) is 0. The highest BCUT2D eigenvalue weighted by Gasteiger charge is 2.34. The van der Waals surface area contributed by atoms with E-state index in [2.05, 4.69) is 9.74 Å². The zero-order valence-corrected chi connectivity index (χ0v) is 18.8. The van der Waals surface area contributed by atoms with Crippen LogP contribution in [0.15, 0.2) is 72.8 Å². The van der Waals surface area contributed by atoms with E-state index >= 15 is 0 Å². The van der Waals surface area contributed by atoms with Crippen LogP contribution in [0.5, 0.6) is 5.75 Å². The molecular weight excluding hydrogens is 438 g/mol. The molecule has 1 amide bonds. The Labute approximate surface area is 198 Å². The predicted molar refractivity (Wildman–Crippen MR) is 129 cm³/mol. The first kappa shape index (κ1) is 22.8. The molecule has 3 aromatic carbocycles. The number of aliphatic hydroxyl groups excluding tert-OH is 1. The second-order valence-corrected chi connectivity index (χ2v) is 8.28. The molecular formula is C26H24ClN3O3. The van der Waals surface area contributed by atoms with Gasteiger partial charge in [-0.25, -0.2) is 4.85 Å². The minimum atomic E-state index is -0.185. The third kappa shape index (κ3) is 5.52. The van der Waals surface area contributed by atoms with Crippen molar-refractivity contribution in [2.45, 2.75) is 12.6 Å². The summed E-state index contributed by atoms with van der Waals surface area (Å²) >= 11 is 6.11. The summed E-state index contributed by atoms with van der Waals surface area (Å²) in [7, 11) is 0. The van der Waals surface area contributed by atoms with Crippen LogP contribution in [0.25, 0.3) is 4.85 Å². The summed E-state index contributed by atoms with van der Waals surface area (Å²) in [5.74, 6) is 0.646. The Morgan fingerprint density at radius 2 is 1.73 bits per heavy atom. The molecule has 6 nitrogen and oxygen atoms in total. The van der Waals surface area contributed by atoms with Crippen molar-refractivity contribution in [1.82, 2.24) is 4.90 Å². The van der Waals surface area contributed by atoms with Crippen molar-refractivity contribution >= 4 is 28.9 Å². The van der Waals surface area contributed by atoms with E-state index in [1.807, 2.05) is 65.6 Å². The Morgan fingerprint density at radius 3 is 2.36 bits per heavy atom. The molecule has 0 unspecified atom stereocenters. The van der Waals surface area contributed by atoms with Gasteiger partial charge in [-0.05, 0) is 47.5 Å². The van der Waals surface area contributed by atoms with Crippen molar-refractivity contribution in [2.24, 2.45) is 0 Å². The molecule has 0 spiro atoms. The van der Waals surface area contributed by atoms with Crippen molar-refractivity contribution in [1.29, 1.82) is 0 Å². The Balaban J connectivity index is 1.59. The predicted octanol–water partition coefficient (Wildman–Crippen LogP) is 4.85. The second-order valence-electron chi connectivity index (χ2n) is 7.84. The van der Waals surface area contributed by atoms with E-state index in [-0.39, 0.29) is 31.7 Å². The molecule has 1 atom stereocenters. The van der Waals surface area contributed by atoms with Crippen LogP contribution in [0.2, 0.25) is 5.02 Å². The van der Waals surface area contributed by atoms with Crippen LogP contribution in [0.3, 0.4) is 0 Å². The van der Waals surface area contributed by atoms with E-state index in [1.165, 1.54) is 0 Å². The molecule has 1 aliphatic rings. The summed E-state index contributed by atoms with van der Waals surface area (Å²) in [4.78, 5) is 20.8. The van der Waals surface area contributed by atoms with Gasteiger partial charge in [-0.1, -0.05) is 48.0 Å². The van der Waals surface area contributed by atoms with Crippen molar-refractivity contribution in [3.05, 3.63) is 100 Å². The smallest absolute Gasteiger partial charge is 0.241 e. The Hall–Kier alpha value is -3.37. The Kier molecular flexibility index (Phi) is 7.26. The van der Waals surface area contributed by atoms with Gasteiger partial charge in [0.25, 0.3) is 0 Å². The second kappa shape index (κ2) is 10.5. The molecule has 0 aliphatic carbocycles. The number of ether oxygens (including phenoxy) is 1. The van der Waals surface area contributed by atoms with E-state index < -0.39 is 0 Å². The van der Waals surface area contributed by atoms with Crippen LogP contribution < -0.4 is 9.64 Å². The maximum atomic E-state index is 13.4. The Morgan fingerprint density at radius 1 is 1.03 bits per heavy atom. The van der Waals surface area contributed by atoms with Gasteiger partial charge in [-0.15, -0.1) is 0 Å². The van der Waals surface area contributed by atoms with Crippen LogP contribution in [0, 0.1) is 6.57 Å². The highest BCUT2D eigenvalue weighted by atomic mass is 35.5. The number of anilines is 1. The van der Waals surface area contributed by atoms with E-state index in [9.17, 15) is 4.79 Å². The maximum absolute atomic E-state index is 13.4. The molecule has 0 bridgehead atoms. The largest absolute Gasteiger partial charge is 0.491 e. The molecule has 1 fully saturated rings. The molecule has 0 radical (unpaired) electrons.